The Morgan fingerprint density at radius 1 is 1.24 bits per heavy atom. The van der Waals surface area contributed by atoms with Gasteiger partial charge in [-0.2, -0.15) is 0 Å². The number of hydrogen-bond donors (Lipinski definition) is 0. The van der Waals surface area contributed by atoms with Crippen molar-refractivity contribution in [3.63, 3.8) is 0 Å². The van der Waals surface area contributed by atoms with E-state index >= 15 is 0 Å². The highest BCUT2D eigenvalue weighted by atomic mass is 32.1. The highest BCUT2D eigenvalue weighted by Gasteiger charge is 2.15. The largest absolute Gasteiger partial charge is 0.296 e. The Morgan fingerprint density at radius 3 is 2.52 bits per heavy atom. The minimum absolute atomic E-state index is 0.193. The van der Waals surface area contributed by atoms with E-state index in [9.17, 15) is 4.79 Å². The molecule has 2 aromatic rings. The Kier molecular flexibility index (Phi) is 5.71. The van der Waals surface area contributed by atoms with Gasteiger partial charge in [0, 0.05) is 16.5 Å². The van der Waals surface area contributed by atoms with Crippen LogP contribution in [0.2, 0.25) is 0 Å². The van der Waals surface area contributed by atoms with Gasteiger partial charge in [0.05, 0.1) is 6.54 Å². The molecule has 2 rings (SSSR count). The number of aryl methyl sites for hydroxylation is 1. The molecule has 1 aromatic carbocycles. The summed E-state index contributed by atoms with van der Waals surface area (Å²) in [7, 11) is 2.02. The van der Waals surface area contributed by atoms with Crippen molar-refractivity contribution in [1.29, 1.82) is 0 Å². The average molecular weight is 301 g/mol. The van der Waals surface area contributed by atoms with Crippen LogP contribution in [-0.4, -0.2) is 30.3 Å². The van der Waals surface area contributed by atoms with Gasteiger partial charge in [0.15, 0.2) is 5.78 Å². The first-order chi connectivity index (χ1) is 10.1. The summed E-state index contributed by atoms with van der Waals surface area (Å²) in [6.45, 7) is 4.77. The zero-order chi connectivity index (χ0) is 15.2. The molecule has 1 unspecified atom stereocenters. The summed E-state index contributed by atoms with van der Waals surface area (Å²) in [5.74, 6) is 0.193. The van der Waals surface area contributed by atoms with Gasteiger partial charge in [-0.25, -0.2) is 0 Å². The van der Waals surface area contributed by atoms with Crippen LogP contribution < -0.4 is 0 Å². The van der Waals surface area contributed by atoms with Gasteiger partial charge >= 0.3 is 0 Å². The molecule has 0 N–H and O–H groups in total. The van der Waals surface area contributed by atoms with Crippen molar-refractivity contribution in [2.24, 2.45) is 0 Å². The summed E-state index contributed by atoms with van der Waals surface area (Å²) >= 11 is 1.78. The van der Waals surface area contributed by atoms with E-state index in [1.807, 2.05) is 31.3 Å². The third-order valence-electron chi connectivity index (χ3n) is 3.91. The summed E-state index contributed by atoms with van der Waals surface area (Å²) in [6.07, 6.45) is 2.00. The molecular weight excluding hydrogens is 278 g/mol. The fourth-order valence-electron chi connectivity index (χ4n) is 2.28. The summed E-state index contributed by atoms with van der Waals surface area (Å²) in [6, 6.07) is 12.6. The fourth-order valence-corrected chi connectivity index (χ4v) is 3.10. The van der Waals surface area contributed by atoms with Crippen LogP contribution in [0.25, 0.3) is 0 Å². The van der Waals surface area contributed by atoms with E-state index in [0.717, 1.165) is 18.4 Å². The Morgan fingerprint density at radius 2 is 1.95 bits per heavy atom. The van der Waals surface area contributed by atoms with Crippen LogP contribution in [0.1, 0.15) is 34.6 Å². The first-order valence-electron chi connectivity index (χ1n) is 7.45. The Bertz CT molecular complexity index is 559. The lowest BCUT2D eigenvalue weighted by molar-refractivity contribution is 0.0924. The zero-order valence-corrected chi connectivity index (χ0v) is 13.8. The summed E-state index contributed by atoms with van der Waals surface area (Å²) in [4.78, 5) is 15.8. The maximum Gasteiger partial charge on any atom is 0.176 e. The predicted molar refractivity (Wildman–Crippen MR) is 90.3 cm³/mol. The number of likely N-dealkylation sites (N-methyl/N-ethyl adjacent to an activating group) is 1. The molecule has 0 saturated heterocycles. The molecule has 1 atom stereocenters. The van der Waals surface area contributed by atoms with Gasteiger partial charge in [-0.05, 0) is 43.8 Å². The van der Waals surface area contributed by atoms with Gasteiger partial charge in [0.1, 0.15) is 0 Å². The molecule has 0 fully saturated rings. The molecule has 0 saturated carbocycles. The predicted octanol–water partition coefficient (Wildman–Crippen LogP) is 4.06. The third-order valence-corrected chi connectivity index (χ3v) is 4.81. The summed E-state index contributed by atoms with van der Waals surface area (Å²) < 4.78 is 0. The van der Waals surface area contributed by atoms with E-state index in [1.165, 1.54) is 10.4 Å². The van der Waals surface area contributed by atoms with Crippen molar-refractivity contribution in [3.8, 4) is 0 Å². The lowest BCUT2D eigenvalue weighted by atomic mass is 10.1. The number of thiophene rings is 1. The molecular formula is C18H23NOS. The number of hydrogen-bond acceptors (Lipinski definition) is 3. The SMILES string of the molecule is CCc1ccc(C(=O)CN(C)C(C)Cc2cccs2)cc1. The Hall–Kier alpha value is -1.45. The number of benzene rings is 1. The number of ketones is 1. The highest BCUT2D eigenvalue weighted by Crippen LogP contribution is 2.14. The van der Waals surface area contributed by atoms with Gasteiger partial charge in [-0.15, -0.1) is 11.3 Å². The van der Waals surface area contributed by atoms with Crippen LogP contribution in [-0.2, 0) is 12.8 Å². The second-order valence-corrected chi connectivity index (χ2v) is 6.55. The number of carbonyl (C=O) groups is 1. The van der Waals surface area contributed by atoms with E-state index in [4.69, 9.17) is 0 Å². The van der Waals surface area contributed by atoms with E-state index < -0.39 is 0 Å². The van der Waals surface area contributed by atoms with Crippen LogP contribution in [0.4, 0.5) is 0 Å². The number of Topliss-reactive ketones (excluding diaryl/α,β-unsaturated/α-hetero) is 1. The van der Waals surface area contributed by atoms with E-state index in [1.54, 1.807) is 11.3 Å². The van der Waals surface area contributed by atoms with E-state index in [0.29, 0.717) is 12.6 Å². The molecule has 3 heteroatoms. The molecule has 112 valence electrons. The second-order valence-electron chi connectivity index (χ2n) is 5.52. The second kappa shape index (κ2) is 7.53. The molecule has 0 aliphatic carbocycles. The molecule has 0 aliphatic rings. The van der Waals surface area contributed by atoms with Gasteiger partial charge in [0.25, 0.3) is 0 Å². The molecule has 0 amide bonds. The number of rotatable bonds is 7. The van der Waals surface area contributed by atoms with Gasteiger partial charge in [0.2, 0.25) is 0 Å². The first kappa shape index (κ1) is 15.9. The average Bonchev–Trinajstić information content (AvgIpc) is 3.00. The monoisotopic (exact) mass is 301 g/mol. The van der Waals surface area contributed by atoms with Crippen molar-refractivity contribution in [1.82, 2.24) is 4.90 Å². The van der Waals surface area contributed by atoms with Gasteiger partial charge < -0.3 is 0 Å². The van der Waals surface area contributed by atoms with E-state index in [2.05, 4.69) is 36.3 Å². The van der Waals surface area contributed by atoms with Crippen LogP contribution in [0, 0.1) is 0 Å². The molecule has 0 radical (unpaired) electrons. The maximum absolute atomic E-state index is 12.3. The molecule has 2 nitrogen and oxygen atoms in total. The normalized spacial score (nSPS) is 12.6. The Labute approximate surface area is 131 Å². The van der Waals surface area contributed by atoms with Crippen LogP contribution >= 0.6 is 11.3 Å². The lowest BCUT2D eigenvalue weighted by Crippen LogP contribution is -2.35. The van der Waals surface area contributed by atoms with Gasteiger partial charge in [-0.1, -0.05) is 37.3 Å². The molecule has 0 spiro atoms. The van der Waals surface area contributed by atoms with Crippen LogP contribution in [0.15, 0.2) is 41.8 Å². The smallest absolute Gasteiger partial charge is 0.176 e. The van der Waals surface area contributed by atoms with Crippen molar-refractivity contribution in [2.75, 3.05) is 13.6 Å². The molecule has 1 heterocycles. The van der Waals surface area contributed by atoms with Crippen LogP contribution in [0.5, 0.6) is 0 Å². The fraction of sp³-hybridized carbons (Fsp3) is 0.389. The molecule has 0 aliphatic heterocycles. The maximum atomic E-state index is 12.3. The molecule has 0 bridgehead atoms. The third kappa shape index (κ3) is 4.51. The summed E-state index contributed by atoms with van der Waals surface area (Å²) in [5.41, 5.74) is 2.08. The standard InChI is InChI=1S/C18H23NOS/c1-4-15-7-9-16(10-8-15)18(20)13-19(3)14(2)12-17-6-5-11-21-17/h5-11,14H,4,12-13H2,1-3H3. The zero-order valence-electron chi connectivity index (χ0n) is 13.0. The molecule has 21 heavy (non-hydrogen) atoms. The van der Waals surface area contributed by atoms with Crippen LogP contribution in [0.3, 0.4) is 0 Å². The Balaban J connectivity index is 1.91. The quantitative estimate of drug-likeness (QED) is 0.719. The van der Waals surface area contributed by atoms with E-state index in [-0.39, 0.29) is 5.78 Å². The lowest BCUT2D eigenvalue weighted by Gasteiger charge is -2.23. The number of nitrogens with zero attached hydrogens (tertiary/aromatic N) is 1. The van der Waals surface area contributed by atoms with Crippen molar-refractivity contribution >= 4 is 17.1 Å². The topological polar surface area (TPSA) is 20.3 Å². The van der Waals surface area contributed by atoms with Crippen molar-refractivity contribution < 1.29 is 4.79 Å². The molecule has 1 aromatic heterocycles. The minimum atomic E-state index is 0.193. The van der Waals surface area contributed by atoms with Gasteiger partial charge in [-0.3, -0.25) is 9.69 Å². The van der Waals surface area contributed by atoms with Crippen molar-refractivity contribution in [3.05, 3.63) is 57.8 Å². The number of carbonyl (C=O) groups excluding carboxylic acids is 1. The summed E-state index contributed by atoms with van der Waals surface area (Å²) in [5, 5.41) is 2.10. The highest BCUT2D eigenvalue weighted by molar-refractivity contribution is 7.09. The minimum Gasteiger partial charge on any atom is -0.296 e. The van der Waals surface area contributed by atoms with Crippen molar-refractivity contribution in [2.45, 2.75) is 32.7 Å². The first-order valence-corrected chi connectivity index (χ1v) is 8.33.